The molecule has 0 saturated carbocycles. The smallest absolute Gasteiger partial charge is 0.416 e. The Hall–Kier alpha value is -3.15. The molecule has 1 aliphatic rings. The lowest BCUT2D eigenvalue weighted by Gasteiger charge is -2.40. The van der Waals surface area contributed by atoms with E-state index in [0.717, 1.165) is 0 Å². The topological polar surface area (TPSA) is 68.2 Å². The lowest BCUT2D eigenvalue weighted by molar-refractivity contribution is -0.143. The van der Waals surface area contributed by atoms with Gasteiger partial charge in [0.25, 0.3) is 0 Å². The minimum absolute atomic E-state index is 0.00401. The summed E-state index contributed by atoms with van der Waals surface area (Å²) in [5.41, 5.74) is -3.11. The maximum absolute atomic E-state index is 13.4. The van der Waals surface area contributed by atoms with E-state index in [4.69, 9.17) is 14.2 Å². The van der Waals surface area contributed by atoms with Crippen LogP contribution in [0.2, 0.25) is 0 Å². The second-order valence-corrected chi connectivity index (χ2v) is 8.31. The van der Waals surface area contributed by atoms with Crippen molar-refractivity contribution in [3.05, 3.63) is 52.6 Å². The summed E-state index contributed by atoms with van der Waals surface area (Å²) in [5, 5.41) is 11.2. The highest BCUT2D eigenvalue weighted by molar-refractivity contribution is 5.91. The molecule has 6 nitrogen and oxygen atoms in total. The number of fused-ring (bicyclic) bond motifs is 1. The molecule has 36 heavy (non-hydrogen) atoms. The largest absolute Gasteiger partial charge is 0.493 e. The van der Waals surface area contributed by atoms with Crippen LogP contribution in [-0.2, 0) is 17.1 Å². The lowest BCUT2D eigenvalue weighted by atomic mass is 9.79. The normalized spacial score (nSPS) is 18.9. The van der Waals surface area contributed by atoms with E-state index >= 15 is 0 Å². The molecule has 3 rings (SSSR count). The van der Waals surface area contributed by atoms with Crippen molar-refractivity contribution in [1.82, 2.24) is 0 Å². The van der Waals surface area contributed by atoms with E-state index in [-0.39, 0.29) is 41.8 Å². The third-order valence-corrected chi connectivity index (χ3v) is 6.02. The van der Waals surface area contributed by atoms with Gasteiger partial charge in [0.1, 0.15) is 0 Å². The first-order valence-electron chi connectivity index (χ1n) is 10.9. The van der Waals surface area contributed by atoms with Crippen molar-refractivity contribution in [2.75, 3.05) is 25.7 Å². The second kappa shape index (κ2) is 10.1. The van der Waals surface area contributed by atoms with Crippen LogP contribution < -0.4 is 14.4 Å². The fourth-order valence-corrected chi connectivity index (χ4v) is 4.38. The molecule has 0 spiro atoms. The minimum Gasteiger partial charge on any atom is -0.493 e. The Bertz CT molecular complexity index is 1090. The molecule has 2 aromatic carbocycles. The minimum atomic E-state index is -5.06. The highest BCUT2D eigenvalue weighted by Gasteiger charge is 2.42. The maximum atomic E-state index is 13.4. The van der Waals surface area contributed by atoms with Crippen LogP contribution in [0.5, 0.6) is 11.5 Å². The summed E-state index contributed by atoms with van der Waals surface area (Å²) < 4.78 is 96.1. The van der Waals surface area contributed by atoms with Crippen molar-refractivity contribution in [2.24, 2.45) is 0 Å². The van der Waals surface area contributed by atoms with Crippen molar-refractivity contribution in [2.45, 2.75) is 50.7 Å². The monoisotopic (exact) mass is 521 g/mol. The van der Waals surface area contributed by atoms with Crippen LogP contribution in [0.1, 0.15) is 54.5 Å². The van der Waals surface area contributed by atoms with Gasteiger partial charge in [0.2, 0.25) is 0 Å². The number of benzene rings is 2. The van der Waals surface area contributed by atoms with E-state index < -0.39 is 53.2 Å². The quantitative estimate of drug-likeness (QED) is 0.467. The standard InChI is InChI=1S/C24H25F6NO5/c1-5-36-22(33)31-12(2)6-17(16-10-19(34-3)20(35-4)11-18(16)31)21(32)13-7-14(23(25,26)27)9-15(8-13)24(28,29)30/h7-12,17,21,32H,5-6H2,1-4H3/t12?,17?,21-/m1/s1. The number of alkyl halides is 6. The third-order valence-electron chi connectivity index (χ3n) is 6.02. The molecule has 1 N–H and O–H groups in total. The Balaban J connectivity index is 2.20. The lowest BCUT2D eigenvalue weighted by Crippen LogP contribution is -2.44. The average Bonchev–Trinajstić information content (AvgIpc) is 2.80. The van der Waals surface area contributed by atoms with Crippen LogP contribution in [0.15, 0.2) is 30.3 Å². The van der Waals surface area contributed by atoms with Crippen LogP contribution in [-0.4, -0.2) is 38.1 Å². The number of ether oxygens (including phenoxy) is 3. The number of methoxy groups -OCH3 is 2. The maximum Gasteiger partial charge on any atom is 0.416 e. The van der Waals surface area contributed by atoms with Crippen LogP contribution in [0.3, 0.4) is 0 Å². The van der Waals surface area contributed by atoms with Gasteiger partial charge >= 0.3 is 18.4 Å². The molecular formula is C24H25F6NO5. The van der Waals surface area contributed by atoms with Gasteiger partial charge in [-0.2, -0.15) is 26.3 Å². The summed E-state index contributed by atoms with van der Waals surface area (Å²) in [6, 6.07) is 3.28. The fraction of sp³-hybridized carbons (Fsp3) is 0.458. The van der Waals surface area contributed by atoms with Gasteiger partial charge in [0.15, 0.2) is 11.5 Å². The zero-order valence-electron chi connectivity index (χ0n) is 19.8. The van der Waals surface area contributed by atoms with Gasteiger partial charge in [-0.1, -0.05) is 0 Å². The third kappa shape index (κ3) is 5.32. The van der Waals surface area contributed by atoms with E-state index in [1.807, 2.05) is 0 Å². The SMILES string of the molecule is CCOC(=O)N1c2cc(OC)c(OC)cc2C([C@H](O)c2cc(C(F)(F)F)cc(C(F)(F)F)c2)CC1C. The van der Waals surface area contributed by atoms with Crippen molar-refractivity contribution >= 4 is 11.8 Å². The number of carbonyl (C=O) groups excluding carboxylic acids is 1. The molecule has 3 atom stereocenters. The van der Waals surface area contributed by atoms with E-state index in [1.165, 1.54) is 31.3 Å². The van der Waals surface area contributed by atoms with Crippen molar-refractivity contribution in [3.63, 3.8) is 0 Å². The molecule has 1 heterocycles. The van der Waals surface area contributed by atoms with Gasteiger partial charge in [-0.25, -0.2) is 4.79 Å². The van der Waals surface area contributed by atoms with Crippen LogP contribution in [0.25, 0.3) is 0 Å². The van der Waals surface area contributed by atoms with E-state index in [2.05, 4.69) is 0 Å². The summed E-state index contributed by atoms with van der Waals surface area (Å²) in [5.74, 6) is -0.553. The molecule has 1 aliphatic heterocycles. The van der Waals surface area contributed by atoms with Gasteiger partial charge in [-0.05, 0) is 55.7 Å². The molecule has 0 saturated heterocycles. The zero-order chi connectivity index (χ0) is 27.0. The van der Waals surface area contributed by atoms with Crippen LogP contribution in [0.4, 0.5) is 36.8 Å². The Labute approximate surface area is 203 Å². The summed E-state index contributed by atoms with van der Waals surface area (Å²) in [6.07, 6.45) is -12.6. The number of aliphatic hydroxyl groups is 1. The van der Waals surface area contributed by atoms with Gasteiger partial charge in [0, 0.05) is 18.0 Å². The first kappa shape index (κ1) is 27.4. The van der Waals surface area contributed by atoms with Gasteiger partial charge in [0.05, 0.1) is 43.7 Å². The molecule has 2 unspecified atom stereocenters. The summed E-state index contributed by atoms with van der Waals surface area (Å²) in [7, 11) is 2.70. The number of halogens is 6. The predicted octanol–water partition coefficient (Wildman–Crippen LogP) is 6.31. The molecule has 0 radical (unpaired) electrons. The number of carbonyl (C=O) groups is 1. The van der Waals surface area contributed by atoms with Crippen LogP contribution >= 0.6 is 0 Å². The van der Waals surface area contributed by atoms with Gasteiger partial charge in [-0.15, -0.1) is 0 Å². The molecule has 0 aromatic heterocycles. The molecule has 2 aromatic rings. The Morgan fingerprint density at radius 1 is 1.00 bits per heavy atom. The van der Waals surface area contributed by atoms with E-state index in [9.17, 15) is 36.2 Å². The van der Waals surface area contributed by atoms with Crippen LogP contribution in [0, 0.1) is 0 Å². The van der Waals surface area contributed by atoms with E-state index in [0.29, 0.717) is 12.1 Å². The molecule has 12 heteroatoms. The summed E-state index contributed by atoms with van der Waals surface area (Å²) in [6.45, 7) is 3.31. The molecule has 0 fully saturated rings. The zero-order valence-corrected chi connectivity index (χ0v) is 19.8. The molecule has 0 aliphatic carbocycles. The van der Waals surface area contributed by atoms with Crippen molar-refractivity contribution in [1.29, 1.82) is 0 Å². The molecule has 0 bridgehead atoms. The second-order valence-electron chi connectivity index (χ2n) is 8.31. The number of rotatable bonds is 5. The summed E-state index contributed by atoms with van der Waals surface area (Å²) in [4.78, 5) is 14.0. The molecular weight excluding hydrogens is 496 g/mol. The molecule has 198 valence electrons. The number of nitrogens with zero attached hydrogens (tertiary/aromatic N) is 1. The number of aliphatic hydroxyl groups excluding tert-OH is 1. The van der Waals surface area contributed by atoms with Crippen molar-refractivity contribution < 1.29 is 50.5 Å². The Kier molecular flexibility index (Phi) is 7.68. The highest BCUT2D eigenvalue weighted by atomic mass is 19.4. The number of anilines is 1. The molecule has 1 amide bonds. The Morgan fingerprint density at radius 2 is 1.53 bits per heavy atom. The number of hydrogen-bond acceptors (Lipinski definition) is 5. The summed E-state index contributed by atoms with van der Waals surface area (Å²) >= 11 is 0. The average molecular weight is 521 g/mol. The van der Waals surface area contributed by atoms with Crippen molar-refractivity contribution in [3.8, 4) is 11.5 Å². The Morgan fingerprint density at radius 3 is 2.00 bits per heavy atom. The number of hydrogen-bond donors (Lipinski definition) is 1. The highest BCUT2D eigenvalue weighted by Crippen LogP contribution is 2.49. The van der Waals surface area contributed by atoms with Gasteiger partial charge < -0.3 is 19.3 Å². The number of amides is 1. The van der Waals surface area contributed by atoms with E-state index in [1.54, 1.807) is 13.8 Å². The predicted molar refractivity (Wildman–Crippen MR) is 117 cm³/mol. The first-order chi connectivity index (χ1) is 16.7. The first-order valence-corrected chi connectivity index (χ1v) is 10.9. The van der Waals surface area contributed by atoms with Gasteiger partial charge in [-0.3, -0.25) is 4.90 Å². The fourth-order valence-electron chi connectivity index (χ4n) is 4.38.